The standard InChI is InChI=1S/C17H13FN4O2/c1-11-4-14(24-15-8-19-10-20-9-15)6-16(22-11)17(23)5-13-3-2-12(18)7-21-13/h2-4,6-10H,5H2,1H3. The number of hydrogen-bond acceptors (Lipinski definition) is 6. The van der Waals surface area contributed by atoms with Gasteiger partial charge in [-0.1, -0.05) is 0 Å². The third-order valence-corrected chi connectivity index (χ3v) is 3.12. The van der Waals surface area contributed by atoms with Crippen LogP contribution < -0.4 is 4.74 Å². The van der Waals surface area contributed by atoms with E-state index < -0.39 is 5.82 Å². The van der Waals surface area contributed by atoms with Crippen molar-refractivity contribution in [3.05, 3.63) is 72.1 Å². The maximum absolute atomic E-state index is 12.9. The highest BCUT2D eigenvalue weighted by molar-refractivity contribution is 5.95. The monoisotopic (exact) mass is 324 g/mol. The molecule has 0 amide bonds. The van der Waals surface area contributed by atoms with E-state index in [2.05, 4.69) is 19.9 Å². The van der Waals surface area contributed by atoms with Crippen LogP contribution in [0.4, 0.5) is 4.39 Å². The van der Waals surface area contributed by atoms with Crippen molar-refractivity contribution < 1.29 is 13.9 Å². The lowest BCUT2D eigenvalue weighted by Gasteiger charge is -2.08. The number of ether oxygens (including phenoxy) is 1. The molecule has 7 heteroatoms. The third-order valence-electron chi connectivity index (χ3n) is 3.12. The van der Waals surface area contributed by atoms with Gasteiger partial charge in [-0.3, -0.25) is 9.78 Å². The van der Waals surface area contributed by atoms with E-state index in [9.17, 15) is 9.18 Å². The summed E-state index contributed by atoms with van der Waals surface area (Å²) in [5.41, 5.74) is 1.37. The first-order valence-electron chi connectivity index (χ1n) is 7.15. The van der Waals surface area contributed by atoms with Crippen molar-refractivity contribution in [2.24, 2.45) is 0 Å². The Kier molecular flexibility index (Phi) is 4.51. The summed E-state index contributed by atoms with van der Waals surface area (Å²) < 4.78 is 18.5. The summed E-state index contributed by atoms with van der Waals surface area (Å²) in [5, 5.41) is 0. The number of halogens is 1. The second kappa shape index (κ2) is 6.91. The molecule has 24 heavy (non-hydrogen) atoms. The molecule has 0 aliphatic carbocycles. The van der Waals surface area contributed by atoms with Gasteiger partial charge >= 0.3 is 0 Å². The predicted octanol–water partition coefficient (Wildman–Crippen LogP) is 2.93. The highest BCUT2D eigenvalue weighted by Crippen LogP contribution is 2.21. The van der Waals surface area contributed by atoms with E-state index in [1.54, 1.807) is 19.1 Å². The van der Waals surface area contributed by atoms with Gasteiger partial charge in [0.2, 0.25) is 0 Å². The van der Waals surface area contributed by atoms with Crippen molar-refractivity contribution in [2.75, 3.05) is 0 Å². The molecule has 3 rings (SSSR count). The molecule has 0 aliphatic heterocycles. The Morgan fingerprint density at radius 3 is 2.62 bits per heavy atom. The lowest BCUT2D eigenvalue weighted by atomic mass is 10.1. The number of Topliss-reactive ketones (excluding diaryl/α,β-unsaturated/α-hetero) is 1. The molecule has 0 fully saturated rings. The summed E-state index contributed by atoms with van der Waals surface area (Å²) in [4.78, 5) is 28.2. The van der Waals surface area contributed by atoms with Gasteiger partial charge in [0, 0.05) is 23.5 Å². The number of nitrogens with zero attached hydrogens (tertiary/aromatic N) is 4. The molecular weight excluding hydrogens is 311 g/mol. The van der Waals surface area contributed by atoms with Gasteiger partial charge in [-0.15, -0.1) is 0 Å². The normalized spacial score (nSPS) is 10.4. The molecular formula is C17H13FN4O2. The van der Waals surface area contributed by atoms with Crippen molar-refractivity contribution in [3.63, 3.8) is 0 Å². The molecule has 0 bridgehead atoms. The van der Waals surface area contributed by atoms with Crippen LogP contribution in [0.25, 0.3) is 0 Å². The molecule has 0 radical (unpaired) electrons. The first-order valence-corrected chi connectivity index (χ1v) is 7.15. The zero-order chi connectivity index (χ0) is 16.9. The average Bonchev–Trinajstić information content (AvgIpc) is 2.57. The van der Waals surface area contributed by atoms with Gasteiger partial charge < -0.3 is 4.74 Å². The van der Waals surface area contributed by atoms with Crippen LogP contribution in [0.15, 0.2) is 49.2 Å². The number of aryl methyl sites for hydroxylation is 1. The number of ketones is 1. The first kappa shape index (κ1) is 15.7. The fourth-order valence-electron chi connectivity index (χ4n) is 2.08. The first-order chi connectivity index (χ1) is 11.6. The average molecular weight is 324 g/mol. The maximum Gasteiger partial charge on any atom is 0.187 e. The summed E-state index contributed by atoms with van der Waals surface area (Å²) in [5.74, 6) is 0.252. The zero-order valence-electron chi connectivity index (χ0n) is 12.8. The maximum atomic E-state index is 12.9. The Morgan fingerprint density at radius 1 is 1.12 bits per heavy atom. The van der Waals surface area contributed by atoms with Crippen molar-refractivity contribution in [2.45, 2.75) is 13.3 Å². The molecule has 0 saturated heterocycles. The number of pyridine rings is 2. The number of aromatic nitrogens is 4. The van der Waals surface area contributed by atoms with Crippen LogP contribution in [-0.2, 0) is 6.42 Å². The van der Waals surface area contributed by atoms with Crippen molar-refractivity contribution in [1.29, 1.82) is 0 Å². The van der Waals surface area contributed by atoms with Gasteiger partial charge in [0.25, 0.3) is 0 Å². The van der Waals surface area contributed by atoms with Crippen molar-refractivity contribution in [3.8, 4) is 11.5 Å². The van der Waals surface area contributed by atoms with Crippen LogP contribution in [-0.4, -0.2) is 25.7 Å². The quantitative estimate of drug-likeness (QED) is 0.672. The molecule has 0 unspecified atom stereocenters. The van der Waals surface area contributed by atoms with E-state index in [0.29, 0.717) is 22.9 Å². The van der Waals surface area contributed by atoms with Gasteiger partial charge in [-0.2, -0.15) is 0 Å². The third kappa shape index (κ3) is 3.95. The lowest BCUT2D eigenvalue weighted by molar-refractivity contribution is 0.0986. The Balaban J connectivity index is 1.80. The van der Waals surface area contributed by atoms with Crippen LogP contribution in [0, 0.1) is 12.7 Å². The summed E-state index contributed by atoms with van der Waals surface area (Å²) >= 11 is 0. The minimum atomic E-state index is -0.444. The molecule has 0 atom stereocenters. The molecule has 0 spiro atoms. The summed E-state index contributed by atoms with van der Waals surface area (Å²) in [6.45, 7) is 1.77. The second-order valence-electron chi connectivity index (χ2n) is 5.07. The molecule has 3 heterocycles. The summed E-state index contributed by atoms with van der Waals surface area (Å²) in [6, 6.07) is 6.00. The van der Waals surface area contributed by atoms with Gasteiger partial charge in [-0.25, -0.2) is 19.3 Å². The molecule has 0 N–H and O–H groups in total. The van der Waals surface area contributed by atoms with Crippen molar-refractivity contribution in [1.82, 2.24) is 19.9 Å². The van der Waals surface area contributed by atoms with E-state index in [-0.39, 0.29) is 17.9 Å². The Hall–Kier alpha value is -3.22. The number of hydrogen-bond donors (Lipinski definition) is 0. The van der Waals surface area contributed by atoms with E-state index >= 15 is 0 Å². The molecule has 120 valence electrons. The minimum absolute atomic E-state index is 0.0324. The molecule has 3 aromatic rings. The number of carbonyl (C=O) groups is 1. The molecule has 3 aromatic heterocycles. The highest BCUT2D eigenvalue weighted by atomic mass is 19.1. The molecule has 0 aromatic carbocycles. The molecule has 6 nitrogen and oxygen atoms in total. The summed E-state index contributed by atoms with van der Waals surface area (Å²) in [7, 11) is 0. The van der Waals surface area contributed by atoms with Gasteiger partial charge in [0.05, 0.1) is 25.0 Å². The Morgan fingerprint density at radius 2 is 1.92 bits per heavy atom. The van der Waals surface area contributed by atoms with Gasteiger partial charge in [0.1, 0.15) is 23.6 Å². The Bertz CT molecular complexity index is 854. The fraction of sp³-hybridized carbons (Fsp3) is 0.118. The highest BCUT2D eigenvalue weighted by Gasteiger charge is 2.12. The summed E-state index contributed by atoms with van der Waals surface area (Å²) in [6.07, 6.45) is 5.55. The topological polar surface area (TPSA) is 77.9 Å². The molecule has 0 aliphatic rings. The largest absolute Gasteiger partial charge is 0.454 e. The molecule has 0 saturated carbocycles. The Labute approximate surface area is 137 Å². The zero-order valence-corrected chi connectivity index (χ0v) is 12.8. The SMILES string of the molecule is Cc1cc(Oc2cncnc2)cc(C(=O)Cc2ccc(F)cn2)n1. The number of rotatable bonds is 5. The van der Waals surface area contributed by atoms with Crippen molar-refractivity contribution >= 4 is 5.78 Å². The van der Waals surface area contributed by atoms with E-state index in [4.69, 9.17) is 4.74 Å². The van der Waals surface area contributed by atoms with Crippen LogP contribution in [0.1, 0.15) is 21.9 Å². The van der Waals surface area contributed by atoms with Crippen LogP contribution in [0.2, 0.25) is 0 Å². The van der Waals surface area contributed by atoms with E-state index in [1.165, 1.54) is 30.9 Å². The van der Waals surface area contributed by atoms with Crippen LogP contribution in [0.5, 0.6) is 11.5 Å². The second-order valence-corrected chi connectivity index (χ2v) is 5.07. The predicted molar refractivity (Wildman–Crippen MR) is 83.3 cm³/mol. The van der Waals surface area contributed by atoms with E-state index in [0.717, 1.165) is 6.20 Å². The number of carbonyl (C=O) groups excluding carboxylic acids is 1. The van der Waals surface area contributed by atoms with Gasteiger partial charge in [-0.05, 0) is 19.1 Å². The van der Waals surface area contributed by atoms with Crippen LogP contribution >= 0.6 is 0 Å². The van der Waals surface area contributed by atoms with Crippen LogP contribution in [0.3, 0.4) is 0 Å². The lowest BCUT2D eigenvalue weighted by Crippen LogP contribution is -2.08. The minimum Gasteiger partial charge on any atom is -0.454 e. The fourth-order valence-corrected chi connectivity index (χ4v) is 2.08. The van der Waals surface area contributed by atoms with E-state index in [1.807, 2.05) is 0 Å². The van der Waals surface area contributed by atoms with Gasteiger partial charge in [0.15, 0.2) is 11.5 Å². The smallest absolute Gasteiger partial charge is 0.187 e.